The molecule has 0 radical (unpaired) electrons. The fraction of sp³-hybridized carbons (Fsp3) is 0.895. The Morgan fingerprint density at radius 2 is 1.02 bits per heavy atom. The SMILES string of the molecule is CCCCC/C=C\CCCC(=O)OC(COC(=O)CCCCCCCCCCCCCCCCC)COP(=O)([O-])OC1C(O)C(O)C(O)C(O)C1O. The molecular weight excluding hydrogens is 695 g/mol. The predicted octanol–water partition coefficient (Wildman–Crippen LogP) is 5.70. The van der Waals surface area contributed by atoms with Crippen molar-refractivity contribution in [2.24, 2.45) is 0 Å². The van der Waals surface area contributed by atoms with Crippen LogP contribution >= 0.6 is 7.82 Å². The van der Waals surface area contributed by atoms with Gasteiger partial charge >= 0.3 is 11.9 Å². The van der Waals surface area contributed by atoms with Gasteiger partial charge in [-0.3, -0.25) is 14.2 Å². The molecule has 0 spiro atoms. The fourth-order valence-corrected chi connectivity index (χ4v) is 7.00. The molecule has 6 atom stereocenters. The number of hydrogen-bond acceptors (Lipinski definition) is 13. The molecule has 14 heteroatoms. The zero-order valence-corrected chi connectivity index (χ0v) is 32.7. The van der Waals surface area contributed by atoms with Crippen molar-refractivity contribution in [3.05, 3.63) is 12.2 Å². The topological polar surface area (TPSA) is 212 Å². The Hall–Kier alpha value is -1.41. The molecule has 306 valence electrons. The molecule has 1 aliphatic carbocycles. The van der Waals surface area contributed by atoms with E-state index in [-0.39, 0.29) is 12.8 Å². The van der Waals surface area contributed by atoms with Crippen LogP contribution in [0.25, 0.3) is 0 Å². The maximum absolute atomic E-state index is 12.6. The summed E-state index contributed by atoms with van der Waals surface area (Å²) in [5.74, 6) is -1.17. The molecule has 1 saturated carbocycles. The van der Waals surface area contributed by atoms with Crippen LogP contribution in [0.4, 0.5) is 0 Å². The molecule has 0 heterocycles. The van der Waals surface area contributed by atoms with E-state index in [9.17, 15) is 44.6 Å². The average Bonchev–Trinajstić information content (AvgIpc) is 3.12. The molecule has 0 aromatic carbocycles. The first kappa shape index (κ1) is 48.6. The standard InChI is InChI=1S/C38H71O13P/c1-3-5-7-9-11-13-14-15-16-17-18-19-21-22-24-26-31(39)48-28-30(50-32(40)27-25-23-20-12-10-8-6-4-2)29-49-52(46,47)51-38-36(44)34(42)33(41)35(43)37(38)45/h12,20,30,33-38,41-45H,3-11,13-19,21-29H2,1-2H3,(H,46,47)/p-1/b20-12-. The Bertz CT molecular complexity index is 980. The van der Waals surface area contributed by atoms with Crippen LogP contribution in [-0.4, -0.2) is 93.4 Å². The van der Waals surface area contributed by atoms with E-state index < -0.39 is 75.7 Å². The molecule has 0 amide bonds. The molecular formula is C38H70O13P-. The Labute approximate surface area is 312 Å². The molecule has 1 fully saturated rings. The Morgan fingerprint density at radius 3 is 1.54 bits per heavy atom. The van der Waals surface area contributed by atoms with Gasteiger partial charge in [-0.2, -0.15) is 0 Å². The smallest absolute Gasteiger partial charge is 0.306 e. The third kappa shape index (κ3) is 22.7. The first-order valence-corrected chi connectivity index (χ1v) is 21.4. The van der Waals surface area contributed by atoms with E-state index in [0.717, 1.165) is 44.9 Å². The molecule has 0 aromatic rings. The van der Waals surface area contributed by atoms with Crippen molar-refractivity contribution >= 4 is 19.8 Å². The van der Waals surface area contributed by atoms with Gasteiger partial charge in [0.2, 0.25) is 0 Å². The minimum absolute atomic E-state index is 0.0347. The number of carbonyl (C=O) groups excluding carboxylic acids is 2. The predicted molar refractivity (Wildman–Crippen MR) is 196 cm³/mol. The van der Waals surface area contributed by atoms with Crippen LogP contribution in [0.2, 0.25) is 0 Å². The van der Waals surface area contributed by atoms with Crippen molar-refractivity contribution in [2.45, 2.75) is 204 Å². The highest BCUT2D eigenvalue weighted by molar-refractivity contribution is 7.45. The molecule has 0 bridgehead atoms. The molecule has 1 aliphatic rings. The summed E-state index contributed by atoms with van der Waals surface area (Å²) in [5, 5.41) is 49.7. The lowest BCUT2D eigenvalue weighted by molar-refractivity contribution is -0.261. The van der Waals surface area contributed by atoms with Gasteiger partial charge < -0.3 is 48.9 Å². The van der Waals surface area contributed by atoms with Gasteiger partial charge in [0.15, 0.2) is 6.10 Å². The molecule has 0 saturated heterocycles. The second-order valence-corrected chi connectivity index (χ2v) is 15.5. The van der Waals surface area contributed by atoms with Gasteiger partial charge in [-0.25, -0.2) is 0 Å². The normalized spacial score (nSPS) is 23.8. The van der Waals surface area contributed by atoms with E-state index in [1.165, 1.54) is 70.6 Å². The molecule has 5 N–H and O–H groups in total. The van der Waals surface area contributed by atoms with Crippen molar-refractivity contribution in [1.82, 2.24) is 0 Å². The highest BCUT2D eigenvalue weighted by Gasteiger charge is 2.50. The number of carbonyl (C=O) groups is 2. The number of esters is 2. The quantitative estimate of drug-likeness (QED) is 0.0241. The lowest BCUT2D eigenvalue weighted by Gasteiger charge is -2.43. The zero-order chi connectivity index (χ0) is 38.6. The third-order valence-corrected chi connectivity index (χ3v) is 10.3. The molecule has 13 nitrogen and oxygen atoms in total. The van der Waals surface area contributed by atoms with Crippen molar-refractivity contribution in [2.75, 3.05) is 13.2 Å². The Morgan fingerprint density at radius 1 is 0.596 bits per heavy atom. The minimum Gasteiger partial charge on any atom is -0.756 e. The van der Waals surface area contributed by atoms with Gasteiger partial charge in [0.25, 0.3) is 7.82 Å². The van der Waals surface area contributed by atoms with Crippen molar-refractivity contribution < 1.29 is 63.1 Å². The second-order valence-electron chi connectivity index (χ2n) is 14.1. The number of allylic oxidation sites excluding steroid dienone is 2. The van der Waals surface area contributed by atoms with E-state index in [2.05, 4.69) is 19.9 Å². The first-order chi connectivity index (χ1) is 24.9. The third-order valence-electron chi connectivity index (χ3n) is 9.35. The van der Waals surface area contributed by atoms with Gasteiger partial charge in [0, 0.05) is 12.8 Å². The number of phosphoric ester groups is 1. The Balaban J connectivity index is 2.49. The molecule has 1 rings (SSSR count). The summed E-state index contributed by atoms with van der Waals surface area (Å²) in [7, 11) is -5.36. The number of aliphatic hydroxyl groups is 5. The molecule has 0 aliphatic heterocycles. The van der Waals surface area contributed by atoms with Crippen LogP contribution in [0.3, 0.4) is 0 Å². The van der Waals surface area contributed by atoms with E-state index in [4.69, 9.17) is 18.5 Å². The molecule has 52 heavy (non-hydrogen) atoms. The summed E-state index contributed by atoms with van der Waals surface area (Å²) in [6.07, 6.45) is 14.2. The summed E-state index contributed by atoms with van der Waals surface area (Å²) in [4.78, 5) is 37.6. The Kier molecular flexibility index (Phi) is 27.9. The number of hydrogen-bond donors (Lipinski definition) is 5. The lowest BCUT2D eigenvalue weighted by Crippen LogP contribution is -2.64. The number of ether oxygens (including phenoxy) is 2. The summed E-state index contributed by atoms with van der Waals surface area (Å²) in [6, 6.07) is 0. The van der Waals surface area contributed by atoms with Crippen LogP contribution in [-0.2, 0) is 32.7 Å². The highest BCUT2D eigenvalue weighted by atomic mass is 31.2. The lowest BCUT2D eigenvalue weighted by atomic mass is 9.85. The van der Waals surface area contributed by atoms with E-state index in [0.29, 0.717) is 19.3 Å². The summed E-state index contributed by atoms with van der Waals surface area (Å²) >= 11 is 0. The largest absolute Gasteiger partial charge is 0.756 e. The maximum atomic E-state index is 12.6. The van der Waals surface area contributed by atoms with Crippen LogP contribution in [0.5, 0.6) is 0 Å². The second kappa shape index (κ2) is 29.9. The summed E-state index contributed by atoms with van der Waals surface area (Å²) < 4.78 is 32.8. The van der Waals surface area contributed by atoms with Crippen LogP contribution in [0.1, 0.15) is 162 Å². The summed E-state index contributed by atoms with van der Waals surface area (Å²) in [5.41, 5.74) is 0. The van der Waals surface area contributed by atoms with E-state index in [1.54, 1.807) is 0 Å². The highest BCUT2D eigenvalue weighted by Crippen LogP contribution is 2.43. The molecule has 0 aromatic heterocycles. The van der Waals surface area contributed by atoms with Crippen molar-refractivity contribution in [3.63, 3.8) is 0 Å². The van der Waals surface area contributed by atoms with E-state index >= 15 is 0 Å². The number of rotatable bonds is 32. The summed E-state index contributed by atoms with van der Waals surface area (Å²) in [6.45, 7) is 3.09. The van der Waals surface area contributed by atoms with Gasteiger partial charge in [-0.1, -0.05) is 129 Å². The first-order valence-electron chi connectivity index (χ1n) is 20.0. The van der Waals surface area contributed by atoms with Crippen LogP contribution in [0.15, 0.2) is 12.2 Å². The van der Waals surface area contributed by atoms with Crippen molar-refractivity contribution in [3.8, 4) is 0 Å². The van der Waals surface area contributed by atoms with Gasteiger partial charge in [-0.05, 0) is 32.1 Å². The van der Waals surface area contributed by atoms with Crippen LogP contribution in [0, 0.1) is 0 Å². The molecule has 6 unspecified atom stereocenters. The van der Waals surface area contributed by atoms with E-state index in [1.807, 2.05) is 6.08 Å². The number of unbranched alkanes of at least 4 members (excludes halogenated alkanes) is 18. The van der Waals surface area contributed by atoms with Gasteiger partial charge in [0.05, 0.1) is 6.61 Å². The number of aliphatic hydroxyl groups excluding tert-OH is 5. The van der Waals surface area contributed by atoms with Gasteiger partial charge in [0.1, 0.15) is 43.2 Å². The van der Waals surface area contributed by atoms with Crippen molar-refractivity contribution in [1.29, 1.82) is 0 Å². The van der Waals surface area contributed by atoms with Gasteiger partial charge in [-0.15, -0.1) is 0 Å². The zero-order valence-electron chi connectivity index (χ0n) is 31.8. The average molecular weight is 766 g/mol. The maximum Gasteiger partial charge on any atom is 0.306 e. The minimum atomic E-state index is -5.36. The van der Waals surface area contributed by atoms with Crippen LogP contribution < -0.4 is 4.89 Å². The number of phosphoric acid groups is 1. The fourth-order valence-electron chi connectivity index (χ4n) is 6.05. The monoisotopic (exact) mass is 765 g/mol.